The Balaban J connectivity index is 1.90. The highest BCUT2D eigenvalue weighted by Crippen LogP contribution is 2.58. The third-order valence-electron chi connectivity index (χ3n) is 7.16. The maximum atomic E-state index is 7.16. The standard InChI is InChI=1S/C30H42ClO2P/c1-21(2)32-27-19-12-20-28(33-22(3)4)29(27)25-17-11-18-26(31)30(25)34(23-13-7-5-8-14-23)24-15-9-6-10-16-24/h11-12,17-24H,5-10,13-16H2,1-4H3. The normalized spacial score (nSPS) is 18.1. The summed E-state index contributed by atoms with van der Waals surface area (Å²) in [6.07, 6.45) is 13.8. The molecule has 2 aromatic rings. The molecule has 2 nitrogen and oxygen atoms in total. The molecular formula is C30H42ClO2P. The smallest absolute Gasteiger partial charge is 0.131 e. The lowest BCUT2D eigenvalue weighted by atomic mass is 9.99. The molecule has 0 bridgehead atoms. The van der Waals surface area contributed by atoms with E-state index in [1.54, 1.807) is 0 Å². The van der Waals surface area contributed by atoms with Crippen molar-refractivity contribution < 1.29 is 9.47 Å². The lowest BCUT2D eigenvalue weighted by molar-refractivity contribution is 0.231. The number of hydrogen-bond acceptors (Lipinski definition) is 2. The lowest BCUT2D eigenvalue weighted by Gasteiger charge is -2.40. The molecule has 0 spiro atoms. The Morgan fingerprint density at radius 3 is 1.65 bits per heavy atom. The first-order valence-corrected chi connectivity index (χ1v) is 15.3. The van der Waals surface area contributed by atoms with Crippen LogP contribution in [0.15, 0.2) is 36.4 Å². The summed E-state index contributed by atoms with van der Waals surface area (Å²) in [5.41, 5.74) is 3.87. The van der Waals surface area contributed by atoms with Gasteiger partial charge in [-0.1, -0.05) is 76.2 Å². The zero-order valence-electron chi connectivity index (χ0n) is 21.5. The van der Waals surface area contributed by atoms with Gasteiger partial charge in [-0.05, 0) is 88.5 Å². The van der Waals surface area contributed by atoms with Crippen LogP contribution in [0, 0.1) is 0 Å². The summed E-state index contributed by atoms with van der Waals surface area (Å²) in [5.74, 6) is 1.80. The van der Waals surface area contributed by atoms with E-state index in [-0.39, 0.29) is 20.1 Å². The Morgan fingerprint density at radius 1 is 0.706 bits per heavy atom. The van der Waals surface area contributed by atoms with Crippen LogP contribution < -0.4 is 14.8 Å². The van der Waals surface area contributed by atoms with E-state index in [0.717, 1.165) is 33.4 Å². The molecule has 0 unspecified atom stereocenters. The average Bonchev–Trinajstić information content (AvgIpc) is 2.81. The maximum Gasteiger partial charge on any atom is 0.131 e. The van der Waals surface area contributed by atoms with Crippen molar-refractivity contribution in [2.45, 2.75) is 115 Å². The van der Waals surface area contributed by atoms with Crippen molar-refractivity contribution in [1.29, 1.82) is 0 Å². The summed E-state index contributed by atoms with van der Waals surface area (Å²) in [6.45, 7) is 8.37. The molecule has 0 amide bonds. The van der Waals surface area contributed by atoms with Gasteiger partial charge in [0.15, 0.2) is 0 Å². The molecule has 0 aromatic heterocycles. The van der Waals surface area contributed by atoms with Gasteiger partial charge in [-0.2, -0.15) is 0 Å². The van der Waals surface area contributed by atoms with Gasteiger partial charge in [0.25, 0.3) is 0 Å². The van der Waals surface area contributed by atoms with Gasteiger partial charge in [-0.3, -0.25) is 0 Å². The second-order valence-corrected chi connectivity index (χ2v) is 13.7. The molecule has 0 radical (unpaired) electrons. The molecular weight excluding hydrogens is 459 g/mol. The average molecular weight is 501 g/mol. The van der Waals surface area contributed by atoms with E-state index in [4.69, 9.17) is 21.1 Å². The molecule has 0 N–H and O–H groups in total. The lowest BCUT2D eigenvalue weighted by Crippen LogP contribution is -2.28. The Kier molecular flexibility index (Phi) is 9.22. The number of ether oxygens (including phenoxy) is 2. The van der Waals surface area contributed by atoms with Gasteiger partial charge >= 0.3 is 0 Å². The minimum absolute atomic E-state index is 0.0916. The third kappa shape index (κ3) is 6.11. The molecule has 2 aliphatic carbocycles. The third-order valence-corrected chi connectivity index (χ3v) is 11.2. The van der Waals surface area contributed by atoms with Gasteiger partial charge in [0.1, 0.15) is 11.5 Å². The molecule has 2 saturated carbocycles. The van der Waals surface area contributed by atoms with E-state index in [1.807, 2.05) is 6.07 Å². The fourth-order valence-electron chi connectivity index (χ4n) is 5.84. The summed E-state index contributed by atoms with van der Waals surface area (Å²) in [4.78, 5) is 0. The molecule has 4 heteroatoms. The molecule has 2 fully saturated rings. The maximum absolute atomic E-state index is 7.16. The second-order valence-electron chi connectivity index (χ2n) is 10.6. The van der Waals surface area contributed by atoms with E-state index in [1.165, 1.54) is 75.1 Å². The minimum atomic E-state index is -0.366. The van der Waals surface area contributed by atoms with Crippen molar-refractivity contribution in [2.24, 2.45) is 0 Å². The van der Waals surface area contributed by atoms with E-state index in [2.05, 4.69) is 58.0 Å². The van der Waals surface area contributed by atoms with Gasteiger partial charge < -0.3 is 9.47 Å². The van der Waals surface area contributed by atoms with E-state index < -0.39 is 0 Å². The monoisotopic (exact) mass is 500 g/mol. The van der Waals surface area contributed by atoms with Gasteiger partial charge in [0.2, 0.25) is 0 Å². The minimum Gasteiger partial charge on any atom is -0.490 e. The zero-order valence-corrected chi connectivity index (χ0v) is 23.1. The van der Waals surface area contributed by atoms with Crippen LogP contribution in [0.25, 0.3) is 11.1 Å². The number of halogens is 1. The van der Waals surface area contributed by atoms with Crippen LogP contribution in [0.4, 0.5) is 0 Å². The zero-order chi connectivity index (χ0) is 24.1. The second kappa shape index (κ2) is 12.1. The van der Waals surface area contributed by atoms with Crippen LogP contribution in [0.1, 0.15) is 91.9 Å². The van der Waals surface area contributed by atoms with Gasteiger partial charge in [-0.15, -0.1) is 0 Å². The van der Waals surface area contributed by atoms with Crippen molar-refractivity contribution in [3.8, 4) is 22.6 Å². The molecule has 0 heterocycles. The highest BCUT2D eigenvalue weighted by molar-refractivity contribution is 7.67. The Hall–Kier alpha value is -1.24. The van der Waals surface area contributed by atoms with Crippen LogP contribution in [0.3, 0.4) is 0 Å². The molecule has 0 atom stereocenters. The predicted octanol–water partition coefficient (Wildman–Crippen LogP) is 9.35. The number of hydrogen-bond donors (Lipinski definition) is 0. The summed E-state index contributed by atoms with van der Waals surface area (Å²) < 4.78 is 12.7. The Bertz CT molecular complexity index is 883. The van der Waals surface area contributed by atoms with Crippen molar-refractivity contribution >= 4 is 24.8 Å². The highest BCUT2D eigenvalue weighted by atomic mass is 35.5. The summed E-state index contributed by atoms with van der Waals surface area (Å²) in [7, 11) is -0.366. The van der Waals surface area contributed by atoms with Crippen molar-refractivity contribution in [2.75, 3.05) is 0 Å². The van der Waals surface area contributed by atoms with E-state index in [9.17, 15) is 0 Å². The fourth-order valence-corrected chi connectivity index (χ4v) is 10.3. The number of rotatable bonds is 8. The molecule has 0 saturated heterocycles. The van der Waals surface area contributed by atoms with E-state index >= 15 is 0 Å². The topological polar surface area (TPSA) is 18.5 Å². The largest absolute Gasteiger partial charge is 0.490 e. The Morgan fingerprint density at radius 2 is 1.18 bits per heavy atom. The first-order valence-electron chi connectivity index (χ1n) is 13.5. The summed E-state index contributed by atoms with van der Waals surface area (Å²) in [6, 6.07) is 12.7. The molecule has 2 aromatic carbocycles. The molecule has 186 valence electrons. The summed E-state index contributed by atoms with van der Waals surface area (Å²) >= 11 is 7.16. The first kappa shape index (κ1) is 25.8. The molecule has 2 aliphatic rings. The molecule has 4 rings (SSSR count). The predicted molar refractivity (Wildman–Crippen MR) is 149 cm³/mol. The first-order chi connectivity index (χ1) is 16.5. The van der Waals surface area contributed by atoms with Crippen LogP contribution >= 0.6 is 19.5 Å². The van der Waals surface area contributed by atoms with Gasteiger partial charge in [0.05, 0.1) is 17.8 Å². The molecule has 34 heavy (non-hydrogen) atoms. The van der Waals surface area contributed by atoms with Gasteiger partial charge in [0, 0.05) is 10.3 Å². The quantitative estimate of drug-likeness (QED) is 0.336. The highest BCUT2D eigenvalue weighted by Gasteiger charge is 2.36. The van der Waals surface area contributed by atoms with Crippen molar-refractivity contribution in [1.82, 2.24) is 0 Å². The van der Waals surface area contributed by atoms with Crippen molar-refractivity contribution in [3.63, 3.8) is 0 Å². The van der Waals surface area contributed by atoms with Crippen molar-refractivity contribution in [3.05, 3.63) is 41.4 Å². The Labute approximate surface area is 213 Å². The van der Waals surface area contributed by atoms with Crippen LogP contribution in [-0.4, -0.2) is 23.5 Å². The number of benzene rings is 2. The summed E-state index contributed by atoms with van der Waals surface area (Å²) in [5, 5.41) is 2.35. The van der Waals surface area contributed by atoms with Crippen LogP contribution in [0.5, 0.6) is 11.5 Å². The van der Waals surface area contributed by atoms with Crippen LogP contribution in [0.2, 0.25) is 5.02 Å². The van der Waals surface area contributed by atoms with E-state index in [0.29, 0.717) is 0 Å². The van der Waals surface area contributed by atoms with Gasteiger partial charge in [-0.25, -0.2) is 0 Å². The fraction of sp³-hybridized carbons (Fsp3) is 0.600. The van der Waals surface area contributed by atoms with Crippen LogP contribution in [-0.2, 0) is 0 Å². The SMILES string of the molecule is CC(C)Oc1cccc(OC(C)C)c1-c1cccc(Cl)c1P(C1CCCCC1)C1CCCCC1. The molecule has 0 aliphatic heterocycles.